The van der Waals surface area contributed by atoms with Gasteiger partial charge in [-0.1, -0.05) is 13.3 Å². The summed E-state index contributed by atoms with van der Waals surface area (Å²) in [4.78, 5) is 15.9. The Morgan fingerprint density at radius 1 is 1.05 bits per heavy atom. The van der Waals surface area contributed by atoms with Gasteiger partial charge in [-0.05, 0) is 40.0 Å². The Bertz CT molecular complexity index is 453. The summed E-state index contributed by atoms with van der Waals surface area (Å²) in [6, 6.07) is 0. The van der Waals surface area contributed by atoms with Gasteiger partial charge in [-0.3, -0.25) is 0 Å². The molecule has 0 radical (unpaired) electrons. The molecule has 1 fully saturated rings. The van der Waals surface area contributed by atoms with E-state index in [2.05, 4.69) is 51.3 Å². The Balaban J connectivity index is 2.22. The van der Waals surface area contributed by atoms with Gasteiger partial charge in [0.15, 0.2) is 0 Å². The summed E-state index contributed by atoms with van der Waals surface area (Å²) in [5.74, 6) is 2.11. The SMILES string of the molecule is CCCC(C)(C)Nc1nc(NCC)nc(N2CCCC2)n1. The Morgan fingerprint density at radius 2 is 1.71 bits per heavy atom. The fourth-order valence-corrected chi connectivity index (χ4v) is 2.71. The van der Waals surface area contributed by atoms with Gasteiger partial charge in [-0.15, -0.1) is 0 Å². The first kappa shape index (κ1) is 15.8. The van der Waals surface area contributed by atoms with Crippen LogP contribution in [0.5, 0.6) is 0 Å². The molecule has 0 aliphatic carbocycles. The molecular formula is C15H28N6. The normalized spacial score (nSPS) is 15.3. The van der Waals surface area contributed by atoms with Gasteiger partial charge in [-0.25, -0.2) is 0 Å². The highest BCUT2D eigenvalue weighted by molar-refractivity contribution is 5.45. The summed E-state index contributed by atoms with van der Waals surface area (Å²) in [6.07, 6.45) is 4.64. The lowest BCUT2D eigenvalue weighted by atomic mass is 9.99. The van der Waals surface area contributed by atoms with E-state index in [1.807, 2.05) is 6.92 Å². The van der Waals surface area contributed by atoms with Crippen LogP contribution in [-0.2, 0) is 0 Å². The minimum atomic E-state index is -0.0120. The van der Waals surface area contributed by atoms with Crippen LogP contribution in [0.25, 0.3) is 0 Å². The molecule has 1 aliphatic rings. The summed E-state index contributed by atoms with van der Waals surface area (Å²) in [7, 11) is 0. The number of nitrogens with zero attached hydrogens (tertiary/aromatic N) is 4. The molecular weight excluding hydrogens is 264 g/mol. The lowest BCUT2D eigenvalue weighted by molar-refractivity contribution is 0.506. The number of aromatic nitrogens is 3. The largest absolute Gasteiger partial charge is 0.354 e. The van der Waals surface area contributed by atoms with Crippen molar-refractivity contribution in [2.24, 2.45) is 0 Å². The maximum Gasteiger partial charge on any atom is 0.231 e. The minimum Gasteiger partial charge on any atom is -0.354 e. The number of rotatable bonds is 7. The molecule has 2 N–H and O–H groups in total. The molecule has 2 rings (SSSR count). The van der Waals surface area contributed by atoms with Crippen LogP contribution >= 0.6 is 0 Å². The van der Waals surface area contributed by atoms with Crippen LogP contribution in [0.2, 0.25) is 0 Å². The van der Waals surface area contributed by atoms with Gasteiger partial charge in [0.05, 0.1) is 0 Å². The van der Waals surface area contributed by atoms with Crippen LogP contribution < -0.4 is 15.5 Å². The zero-order valence-electron chi connectivity index (χ0n) is 13.7. The predicted molar refractivity (Wildman–Crippen MR) is 88.0 cm³/mol. The van der Waals surface area contributed by atoms with E-state index in [9.17, 15) is 0 Å². The van der Waals surface area contributed by atoms with Crippen molar-refractivity contribution in [1.29, 1.82) is 0 Å². The molecule has 0 saturated carbocycles. The van der Waals surface area contributed by atoms with E-state index in [1.54, 1.807) is 0 Å². The predicted octanol–water partition coefficient (Wildman–Crippen LogP) is 2.89. The van der Waals surface area contributed by atoms with Gasteiger partial charge in [0.1, 0.15) is 0 Å². The van der Waals surface area contributed by atoms with Crippen molar-refractivity contribution < 1.29 is 0 Å². The molecule has 118 valence electrons. The molecule has 2 heterocycles. The zero-order valence-corrected chi connectivity index (χ0v) is 13.7. The number of hydrogen-bond acceptors (Lipinski definition) is 6. The fourth-order valence-electron chi connectivity index (χ4n) is 2.71. The van der Waals surface area contributed by atoms with E-state index in [0.717, 1.165) is 38.4 Å². The van der Waals surface area contributed by atoms with Crippen molar-refractivity contribution in [2.45, 2.75) is 58.9 Å². The van der Waals surface area contributed by atoms with Crippen LogP contribution in [0, 0.1) is 0 Å². The van der Waals surface area contributed by atoms with Crippen molar-refractivity contribution in [2.75, 3.05) is 35.2 Å². The maximum atomic E-state index is 4.62. The van der Waals surface area contributed by atoms with E-state index in [0.29, 0.717) is 11.9 Å². The van der Waals surface area contributed by atoms with Gasteiger partial charge in [-0.2, -0.15) is 15.0 Å². The first-order chi connectivity index (χ1) is 10.0. The first-order valence-electron chi connectivity index (χ1n) is 8.07. The number of anilines is 3. The van der Waals surface area contributed by atoms with Crippen LogP contribution in [0.4, 0.5) is 17.8 Å². The quantitative estimate of drug-likeness (QED) is 0.805. The monoisotopic (exact) mass is 292 g/mol. The van der Waals surface area contributed by atoms with Gasteiger partial charge < -0.3 is 15.5 Å². The second-order valence-corrected chi connectivity index (χ2v) is 6.27. The maximum absolute atomic E-state index is 4.62. The molecule has 0 amide bonds. The molecule has 0 atom stereocenters. The molecule has 0 spiro atoms. The summed E-state index contributed by atoms with van der Waals surface area (Å²) in [5, 5.41) is 6.65. The molecule has 0 aromatic carbocycles. The van der Waals surface area contributed by atoms with Gasteiger partial charge in [0.25, 0.3) is 0 Å². The molecule has 0 bridgehead atoms. The summed E-state index contributed by atoms with van der Waals surface area (Å²) in [5.41, 5.74) is -0.0120. The van der Waals surface area contributed by atoms with E-state index < -0.39 is 0 Å². The number of nitrogens with one attached hydrogen (secondary N) is 2. The fraction of sp³-hybridized carbons (Fsp3) is 0.800. The van der Waals surface area contributed by atoms with Crippen LogP contribution in [-0.4, -0.2) is 40.1 Å². The van der Waals surface area contributed by atoms with E-state index >= 15 is 0 Å². The average molecular weight is 292 g/mol. The Kier molecular flexibility index (Phi) is 5.20. The Labute approximate surface area is 127 Å². The standard InChI is InChI=1S/C15H28N6/c1-5-9-15(3,4)20-13-17-12(16-6-2)18-14(19-13)21-10-7-8-11-21/h5-11H2,1-4H3,(H2,16,17,18,19,20). The van der Waals surface area contributed by atoms with E-state index in [-0.39, 0.29) is 5.54 Å². The van der Waals surface area contributed by atoms with E-state index in [4.69, 9.17) is 0 Å². The molecule has 1 aromatic heterocycles. The van der Waals surface area contributed by atoms with Crippen molar-refractivity contribution in [3.05, 3.63) is 0 Å². The molecule has 6 heteroatoms. The van der Waals surface area contributed by atoms with Crippen molar-refractivity contribution in [1.82, 2.24) is 15.0 Å². The molecule has 0 unspecified atom stereocenters. The summed E-state index contributed by atoms with van der Waals surface area (Å²) >= 11 is 0. The highest BCUT2D eigenvalue weighted by Crippen LogP contribution is 2.22. The topological polar surface area (TPSA) is 66.0 Å². The highest BCUT2D eigenvalue weighted by Gasteiger charge is 2.21. The Morgan fingerprint density at radius 3 is 2.33 bits per heavy atom. The molecule has 21 heavy (non-hydrogen) atoms. The summed E-state index contributed by atoms with van der Waals surface area (Å²) in [6.45, 7) is 11.5. The average Bonchev–Trinajstić information content (AvgIpc) is 2.91. The molecule has 1 aliphatic heterocycles. The van der Waals surface area contributed by atoms with Crippen LogP contribution in [0.3, 0.4) is 0 Å². The third kappa shape index (κ3) is 4.44. The lowest BCUT2D eigenvalue weighted by Crippen LogP contribution is -2.32. The third-order valence-corrected chi connectivity index (χ3v) is 3.67. The Hall–Kier alpha value is -1.59. The molecule has 6 nitrogen and oxygen atoms in total. The summed E-state index contributed by atoms with van der Waals surface area (Å²) < 4.78 is 0. The number of hydrogen-bond donors (Lipinski definition) is 2. The zero-order chi connectivity index (χ0) is 15.3. The van der Waals surface area contributed by atoms with Crippen molar-refractivity contribution in [3.63, 3.8) is 0 Å². The molecule has 1 saturated heterocycles. The third-order valence-electron chi connectivity index (χ3n) is 3.67. The van der Waals surface area contributed by atoms with Gasteiger partial charge in [0, 0.05) is 25.2 Å². The second kappa shape index (κ2) is 6.91. The van der Waals surface area contributed by atoms with Gasteiger partial charge in [0.2, 0.25) is 17.8 Å². The highest BCUT2D eigenvalue weighted by atomic mass is 15.3. The smallest absolute Gasteiger partial charge is 0.231 e. The van der Waals surface area contributed by atoms with Crippen LogP contribution in [0.1, 0.15) is 53.4 Å². The van der Waals surface area contributed by atoms with Crippen molar-refractivity contribution in [3.8, 4) is 0 Å². The second-order valence-electron chi connectivity index (χ2n) is 6.27. The van der Waals surface area contributed by atoms with E-state index in [1.165, 1.54) is 12.8 Å². The van der Waals surface area contributed by atoms with Gasteiger partial charge >= 0.3 is 0 Å². The van der Waals surface area contributed by atoms with Crippen molar-refractivity contribution >= 4 is 17.8 Å². The first-order valence-corrected chi connectivity index (χ1v) is 8.07. The van der Waals surface area contributed by atoms with Crippen LogP contribution in [0.15, 0.2) is 0 Å². The minimum absolute atomic E-state index is 0.0120. The lowest BCUT2D eigenvalue weighted by Gasteiger charge is -2.26. The molecule has 1 aromatic rings.